The van der Waals surface area contributed by atoms with Crippen molar-refractivity contribution in [1.29, 1.82) is 0 Å². The number of nitrogens with zero attached hydrogens (tertiary/aromatic N) is 1. The smallest absolute Gasteiger partial charge is 0.0410 e. The standard InChI is InChI=1S/C14H18BrClN2.2ClH/c15-13-4-3-11(16)9-12(13)14(10-1-2-10)18-7-5-17-6-8-18;;/h3-4,9-10,14,17H,1-2,5-8H2;2*1H/t14-;;/m1../s1. The van der Waals surface area contributed by atoms with E-state index in [4.69, 9.17) is 11.6 Å². The van der Waals surface area contributed by atoms with Crippen molar-refractivity contribution >= 4 is 52.3 Å². The van der Waals surface area contributed by atoms with Crippen LogP contribution in [0.2, 0.25) is 5.02 Å². The highest BCUT2D eigenvalue weighted by atomic mass is 79.9. The van der Waals surface area contributed by atoms with Crippen LogP contribution in [0.1, 0.15) is 24.4 Å². The van der Waals surface area contributed by atoms with Crippen LogP contribution in [0.4, 0.5) is 0 Å². The van der Waals surface area contributed by atoms with Crippen molar-refractivity contribution in [3.8, 4) is 0 Å². The van der Waals surface area contributed by atoms with E-state index in [0.717, 1.165) is 37.1 Å². The molecule has 1 aliphatic carbocycles. The maximum Gasteiger partial charge on any atom is 0.0410 e. The average Bonchev–Trinajstić information content (AvgIpc) is 3.20. The molecule has 3 rings (SSSR count). The van der Waals surface area contributed by atoms with E-state index in [2.05, 4.69) is 38.3 Å². The highest BCUT2D eigenvalue weighted by Gasteiger charge is 2.37. The first-order valence-corrected chi connectivity index (χ1v) is 7.82. The Balaban J connectivity index is 0.000001000. The summed E-state index contributed by atoms with van der Waals surface area (Å²) in [5.41, 5.74) is 1.37. The van der Waals surface area contributed by atoms with Gasteiger partial charge in [0.2, 0.25) is 0 Å². The van der Waals surface area contributed by atoms with Gasteiger partial charge in [-0.1, -0.05) is 27.5 Å². The molecule has 0 spiro atoms. The second-order valence-electron chi connectivity index (χ2n) is 5.23. The summed E-state index contributed by atoms with van der Waals surface area (Å²) < 4.78 is 1.20. The fourth-order valence-electron chi connectivity index (χ4n) is 2.86. The minimum absolute atomic E-state index is 0. The molecule has 2 aliphatic rings. The van der Waals surface area contributed by atoms with Crippen LogP contribution in [0.5, 0.6) is 0 Å². The SMILES string of the molecule is Cl.Cl.Clc1ccc(Br)c([C@@H](C2CC2)N2CCNCC2)c1. The molecule has 0 aromatic heterocycles. The molecular formula is C14H20BrCl3N2. The Kier molecular flexibility index (Phi) is 7.61. The quantitative estimate of drug-likeness (QED) is 0.811. The Labute approximate surface area is 146 Å². The summed E-state index contributed by atoms with van der Waals surface area (Å²) in [7, 11) is 0. The lowest BCUT2D eigenvalue weighted by Crippen LogP contribution is -2.45. The van der Waals surface area contributed by atoms with E-state index in [-0.39, 0.29) is 24.8 Å². The van der Waals surface area contributed by atoms with E-state index in [0.29, 0.717) is 6.04 Å². The van der Waals surface area contributed by atoms with Gasteiger partial charge in [-0.2, -0.15) is 0 Å². The van der Waals surface area contributed by atoms with Gasteiger partial charge >= 0.3 is 0 Å². The van der Waals surface area contributed by atoms with Gasteiger partial charge in [-0.25, -0.2) is 0 Å². The van der Waals surface area contributed by atoms with Crippen molar-refractivity contribution in [2.24, 2.45) is 5.92 Å². The second kappa shape index (κ2) is 8.21. The Bertz CT molecular complexity index is 434. The summed E-state index contributed by atoms with van der Waals surface area (Å²) in [5, 5.41) is 4.27. The fraction of sp³-hybridized carbons (Fsp3) is 0.571. The van der Waals surface area contributed by atoms with Crippen LogP contribution in [0, 0.1) is 5.92 Å². The Morgan fingerprint density at radius 2 is 1.85 bits per heavy atom. The zero-order valence-corrected chi connectivity index (χ0v) is 15.1. The molecule has 0 amide bonds. The molecular weight excluding hydrogens is 382 g/mol. The van der Waals surface area contributed by atoms with E-state index >= 15 is 0 Å². The predicted octanol–water partition coefficient (Wildman–Crippen LogP) is 4.30. The van der Waals surface area contributed by atoms with E-state index in [1.807, 2.05) is 6.07 Å². The largest absolute Gasteiger partial charge is 0.314 e. The maximum atomic E-state index is 6.17. The lowest BCUT2D eigenvalue weighted by molar-refractivity contribution is 0.155. The lowest BCUT2D eigenvalue weighted by atomic mass is 10.00. The van der Waals surface area contributed by atoms with Gasteiger partial charge in [0.15, 0.2) is 0 Å². The van der Waals surface area contributed by atoms with E-state index in [1.165, 1.54) is 22.9 Å². The summed E-state index contributed by atoms with van der Waals surface area (Å²) in [4.78, 5) is 2.62. The number of rotatable bonds is 3. The van der Waals surface area contributed by atoms with Gasteiger partial charge < -0.3 is 5.32 Å². The molecule has 6 heteroatoms. The molecule has 2 nitrogen and oxygen atoms in total. The Morgan fingerprint density at radius 3 is 2.45 bits per heavy atom. The highest BCUT2D eigenvalue weighted by molar-refractivity contribution is 9.10. The highest BCUT2D eigenvalue weighted by Crippen LogP contribution is 2.46. The number of hydrogen-bond acceptors (Lipinski definition) is 2. The first-order valence-electron chi connectivity index (χ1n) is 6.65. The number of hydrogen-bond donors (Lipinski definition) is 1. The Hall–Kier alpha value is 0.490. The minimum atomic E-state index is 0. The van der Waals surface area contributed by atoms with Gasteiger partial charge in [-0.15, -0.1) is 24.8 Å². The molecule has 0 radical (unpaired) electrons. The zero-order valence-electron chi connectivity index (χ0n) is 11.1. The molecule has 0 bridgehead atoms. The fourth-order valence-corrected chi connectivity index (χ4v) is 3.52. The summed E-state index contributed by atoms with van der Waals surface area (Å²) in [5.74, 6) is 0.817. The van der Waals surface area contributed by atoms with Crippen molar-refractivity contribution in [3.63, 3.8) is 0 Å². The maximum absolute atomic E-state index is 6.17. The number of halogens is 4. The van der Waals surface area contributed by atoms with Gasteiger partial charge in [0, 0.05) is 41.7 Å². The van der Waals surface area contributed by atoms with Crippen LogP contribution in [0.25, 0.3) is 0 Å². The first-order chi connectivity index (χ1) is 8.75. The third-order valence-corrected chi connectivity index (χ3v) is 4.85. The summed E-state index contributed by atoms with van der Waals surface area (Å²) in [6, 6.07) is 6.71. The molecule has 114 valence electrons. The van der Waals surface area contributed by atoms with Crippen LogP contribution in [0.15, 0.2) is 22.7 Å². The first kappa shape index (κ1) is 18.5. The number of piperazine rings is 1. The van der Waals surface area contributed by atoms with Crippen LogP contribution >= 0.6 is 52.3 Å². The van der Waals surface area contributed by atoms with Crippen LogP contribution in [-0.2, 0) is 0 Å². The monoisotopic (exact) mass is 400 g/mol. The molecule has 2 fully saturated rings. The van der Waals surface area contributed by atoms with E-state index in [1.54, 1.807) is 0 Å². The van der Waals surface area contributed by atoms with Gasteiger partial charge in [0.25, 0.3) is 0 Å². The normalized spacial score (nSPS) is 20.7. The van der Waals surface area contributed by atoms with E-state index < -0.39 is 0 Å². The van der Waals surface area contributed by atoms with Gasteiger partial charge in [0.05, 0.1) is 0 Å². The number of benzene rings is 1. The number of nitrogens with one attached hydrogen (secondary N) is 1. The second-order valence-corrected chi connectivity index (χ2v) is 6.52. The summed E-state index contributed by atoms with van der Waals surface area (Å²) in [6.07, 6.45) is 2.71. The Morgan fingerprint density at radius 1 is 1.20 bits per heavy atom. The lowest BCUT2D eigenvalue weighted by Gasteiger charge is -2.36. The predicted molar refractivity (Wildman–Crippen MR) is 93.6 cm³/mol. The topological polar surface area (TPSA) is 15.3 Å². The molecule has 1 aliphatic heterocycles. The minimum Gasteiger partial charge on any atom is -0.314 e. The average molecular weight is 403 g/mol. The molecule has 1 N–H and O–H groups in total. The van der Waals surface area contributed by atoms with Crippen molar-refractivity contribution in [3.05, 3.63) is 33.3 Å². The van der Waals surface area contributed by atoms with Crippen LogP contribution in [-0.4, -0.2) is 31.1 Å². The molecule has 1 atom stereocenters. The van der Waals surface area contributed by atoms with E-state index in [9.17, 15) is 0 Å². The van der Waals surface area contributed by atoms with Gasteiger partial charge in [-0.3, -0.25) is 4.90 Å². The third kappa shape index (κ3) is 4.25. The van der Waals surface area contributed by atoms with Crippen LogP contribution in [0.3, 0.4) is 0 Å². The molecule has 1 saturated carbocycles. The summed E-state index contributed by atoms with van der Waals surface area (Å²) in [6.45, 7) is 4.48. The molecule has 1 heterocycles. The molecule has 1 aromatic rings. The summed E-state index contributed by atoms with van der Waals surface area (Å²) >= 11 is 9.87. The van der Waals surface area contributed by atoms with Gasteiger partial charge in [0.1, 0.15) is 0 Å². The molecule has 1 aromatic carbocycles. The van der Waals surface area contributed by atoms with Crippen molar-refractivity contribution in [1.82, 2.24) is 10.2 Å². The third-order valence-electron chi connectivity index (χ3n) is 3.89. The molecule has 20 heavy (non-hydrogen) atoms. The van der Waals surface area contributed by atoms with Crippen molar-refractivity contribution < 1.29 is 0 Å². The van der Waals surface area contributed by atoms with Crippen molar-refractivity contribution in [2.75, 3.05) is 26.2 Å². The molecule has 1 saturated heterocycles. The molecule has 0 unspecified atom stereocenters. The zero-order chi connectivity index (χ0) is 12.5. The van der Waals surface area contributed by atoms with Crippen LogP contribution < -0.4 is 5.32 Å². The van der Waals surface area contributed by atoms with Gasteiger partial charge in [-0.05, 0) is 42.5 Å². The van der Waals surface area contributed by atoms with Crippen molar-refractivity contribution in [2.45, 2.75) is 18.9 Å².